The molecule has 0 atom stereocenters. The van der Waals surface area contributed by atoms with Gasteiger partial charge >= 0.3 is 0 Å². The quantitative estimate of drug-likeness (QED) is 0.768. The summed E-state index contributed by atoms with van der Waals surface area (Å²) >= 11 is 5.85. The molecule has 0 spiro atoms. The zero-order valence-electron chi connectivity index (χ0n) is 10.8. The van der Waals surface area contributed by atoms with Gasteiger partial charge in [-0.15, -0.1) is 0 Å². The van der Waals surface area contributed by atoms with Crippen LogP contribution in [-0.4, -0.2) is 10.6 Å². The van der Waals surface area contributed by atoms with Crippen molar-refractivity contribution in [3.63, 3.8) is 0 Å². The molecule has 2 heterocycles. The van der Waals surface area contributed by atoms with Gasteiger partial charge in [-0.2, -0.15) is 0 Å². The smallest absolute Gasteiger partial charge is 0.169 e. The molecule has 1 aliphatic heterocycles. The van der Waals surface area contributed by atoms with E-state index in [1.54, 1.807) is 18.3 Å². The van der Waals surface area contributed by atoms with Crippen molar-refractivity contribution >= 4 is 11.6 Å². The summed E-state index contributed by atoms with van der Waals surface area (Å²) in [6, 6.07) is 9.39. The third kappa shape index (κ3) is 2.51. The van der Waals surface area contributed by atoms with E-state index in [2.05, 4.69) is 24.9 Å². The molecule has 0 fully saturated rings. The van der Waals surface area contributed by atoms with Crippen molar-refractivity contribution in [2.75, 3.05) is 0 Å². The van der Waals surface area contributed by atoms with Crippen LogP contribution in [0.3, 0.4) is 0 Å². The van der Waals surface area contributed by atoms with Gasteiger partial charge in [0.1, 0.15) is 16.5 Å². The molecule has 3 nitrogen and oxygen atoms in total. The minimum Gasteiger partial charge on any atom is -0.483 e. The van der Waals surface area contributed by atoms with E-state index in [1.165, 1.54) is 5.56 Å². The van der Waals surface area contributed by atoms with Crippen LogP contribution in [0.5, 0.6) is 17.2 Å². The first-order valence-corrected chi connectivity index (χ1v) is 6.52. The van der Waals surface area contributed by atoms with Crippen LogP contribution in [0.2, 0.25) is 5.15 Å². The number of nitrogens with zero attached hydrogens (tertiary/aromatic N) is 1. The van der Waals surface area contributed by atoms with Gasteiger partial charge in [0, 0.05) is 24.2 Å². The summed E-state index contributed by atoms with van der Waals surface area (Å²) in [5.74, 6) is 2.19. The summed E-state index contributed by atoms with van der Waals surface area (Å²) in [5, 5.41) is 0.409. The molecule has 0 aliphatic carbocycles. The lowest BCUT2D eigenvalue weighted by Crippen LogP contribution is -2.24. The summed E-state index contributed by atoms with van der Waals surface area (Å²) in [4.78, 5) is 3.93. The van der Waals surface area contributed by atoms with E-state index in [0.29, 0.717) is 16.7 Å². The number of pyridine rings is 1. The highest BCUT2D eigenvalue weighted by Crippen LogP contribution is 2.43. The minimum atomic E-state index is -0.183. The Kier molecular flexibility index (Phi) is 2.86. The van der Waals surface area contributed by atoms with Crippen molar-refractivity contribution in [2.45, 2.75) is 25.9 Å². The van der Waals surface area contributed by atoms with Gasteiger partial charge in [0.15, 0.2) is 11.5 Å². The monoisotopic (exact) mass is 275 g/mol. The largest absolute Gasteiger partial charge is 0.483 e. The van der Waals surface area contributed by atoms with Crippen molar-refractivity contribution in [3.05, 3.63) is 47.2 Å². The molecule has 19 heavy (non-hydrogen) atoms. The van der Waals surface area contributed by atoms with Crippen molar-refractivity contribution in [1.29, 1.82) is 0 Å². The van der Waals surface area contributed by atoms with Gasteiger partial charge < -0.3 is 9.47 Å². The van der Waals surface area contributed by atoms with Crippen LogP contribution in [0.15, 0.2) is 36.5 Å². The number of fused-ring (bicyclic) bond motifs is 1. The van der Waals surface area contributed by atoms with Gasteiger partial charge in [-0.25, -0.2) is 4.98 Å². The Morgan fingerprint density at radius 2 is 2.16 bits per heavy atom. The second kappa shape index (κ2) is 4.42. The van der Waals surface area contributed by atoms with E-state index in [9.17, 15) is 0 Å². The molecular formula is C15H14ClNO2. The standard InChI is InChI=1S/C15H14ClNO2/c1-15(2)9-10-4-3-5-12(14(10)19-15)18-11-6-7-17-13(16)8-11/h3-8H,9H2,1-2H3. The second-order valence-electron chi connectivity index (χ2n) is 5.20. The zero-order valence-corrected chi connectivity index (χ0v) is 11.6. The number of aromatic nitrogens is 1. The molecule has 0 N–H and O–H groups in total. The highest BCUT2D eigenvalue weighted by molar-refractivity contribution is 6.29. The molecule has 3 rings (SSSR count). The van der Waals surface area contributed by atoms with Crippen LogP contribution in [0.4, 0.5) is 0 Å². The highest BCUT2D eigenvalue weighted by Gasteiger charge is 2.32. The Labute approximate surface area is 117 Å². The number of hydrogen-bond donors (Lipinski definition) is 0. The van der Waals surface area contributed by atoms with E-state index < -0.39 is 0 Å². The molecule has 0 unspecified atom stereocenters. The molecule has 1 aliphatic rings. The van der Waals surface area contributed by atoms with Crippen molar-refractivity contribution in [2.24, 2.45) is 0 Å². The molecule has 0 radical (unpaired) electrons. The van der Waals surface area contributed by atoms with Gasteiger partial charge in [-0.05, 0) is 26.0 Å². The van der Waals surface area contributed by atoms with Gasteiger partial charge in [0.05, 0.1) is 0 Å². The molecule has 1 aromatic carbocycles. The van der Waals surface area contributed by atoms with E-state index in [4.69, 9.17) is 21.1 Å². The van der Waals surface area contributed by atoms with Crippen LogP contribution in [0, 0.1) is 0 Å². The fraction of sp³-hybridized carbons (Fsp3) is 0.267. The summed E-state index contributed by atoms with van der Waals surface area (Å²) in [5.41, 5.74) is 0.986. The first-order chi connectivity index (χ1) is 9.03. The number of para-hydroxylation sites is 1. The molecule has 0 saturated carbocycles. The third-order valence-electron chi connectivity index (χ3n) is 2.98. The van der Waals surface area contributed by atoms with Crippen LogP contribution in [0.25, 0.3) is 0 Å². The highest BCUT2D eigenvalue weighted by atomic mass is 35.5. The minimum absolute atomic E-state index is 0.183. The lowest BCUT2D eigenvalue weighted by molar-refractivity contribution is 0.135. The van der Waals surface area contributed by atoms with E-state index in [-0.39, 0.29) is 5.60 Å². The van der Waals surface area contributed by atoms with Gasteiger partial charge in [-0.3, -0.25) is 0 Å². The van der Waals surface area contributed by atoms with Crippen LogP contribution in [0.1, 0.15) is 19.4 Å². The van der Waals surface area contributed by atoms with E-state index in [1.807, 2.05) is 12.1 Å². The molecule has 1 aromatic heterocycles. The average Bonchev–Trinajstić information content (AvgIpc) is 2.64. The molecule has 0 bridgehead atoms. The lowest BCUT2D eigenvalue weighted by Gasteiger charge is -2.18. The summed E-state index contributed by atoms with van der Waals surface area (Å²) in [7, 11) is 0. The molecule has 0 amide bonds. The Morgan fingerprint density at radius 1 is 1.32 bits per heavy atom. The van der Waals surface area contributed by atoms with E-state index in [0.717, 1.165) is 12.2 Å². The summed E-state index contributed by atoms with van der Waals surface area (Å²) in [6.07, 6.45) is 2.50. The first-order valence-electron chi connectivity index (χ1n) is 6.14. The Bertz CT molecular complexity index is 625. The topological polar surface area (TPSA) is 31.4 Å². The van der Waals surface area contributed by atoms with Gasteiger partial charge in [-0.1, -0.05) is 23.7 Å². The van der Waals surface area contributed by atoms with Crippen molar-refractivity contribution in [3.8, 4) is 17.2 Å². The third-order valence-corrected chi connectivity index (χ3v) is 3.19. The van der Waals surface area contributed by atoms with Crippen LogP contribution >= 0.6 is 11.6 Å². The molecule has 2 aromatic rings. The Balaban J connectivity index is 1.94. The predicted molar refractivity (Wildman–Crippen MR) is 74.2 cm³/mol. The first kappa shape index (κ1) is 12.3. The average molecular weight is 276 g/mol. The van der Waals surface area contributed by atoms with Crippen molar-refractivity contribution < 1.29 is 9.47 Å². The molecule has 0 saturated heterocycles. The molecular weight excluding hydrogens is 262 g/mol. The lowest BCUT2D eigenvalue weighted by atomic mass is 10.0. The molecule has 98 valence electrons. The van der Waals surface area contributed by atoms with Crippen LogP contribution in [-0.2, 0) is 6.42 Å². The Hall–Kier alpha value is -1.74. The zero-order chi connectivity index (χ0) is 13.5. The summed E-state index contributed by atoms with van der Waals surface area (Å²) in [6.45, 7) is 4.14. The fourth-order valence-corrected chi connectivity index (χ4v) is 2.41. The van der Waals surface area contributed by atoms with Gasteiger partial charge in [0.2, 0.25) is 0 Å². The predicted octanol–water partition coefficient (Wildman–Crippen LogP) is 4.24. The number of benzene rings is 1. The summed E-state index contributed by atoms with van der Waals surface area (Å²) < 4.78 is 11.8. The number of ether oxygens (including phenoxy) is 2. The van der Waals surface area contributed by atoms with Gasteiger partial charge in [0.25, 0.3) is 0 Å². The SMILES string of the molecule is CC1(C)Cc2cccc(Oc3ccnc(Cl)c3)c2O1. The second-order valence-corrected chi connectivity index (χ2v) is 5.59. The van der Waals surface area contributed by atoms with Crippen LogP contribution < -0.4 is 9.47 Å². The fourth-order valence-electron chi connectivity index (χ4n) is 2.24. The number of halogens is 1. The maximum Gasteiger partial charge on any atom is 0.169 e. The maximum atomic E-state index is 5.95. The number of rotatable bonds is 2. The maximum absolute atomic E-state index is 5.95. The molecule has 4 heteroatoms. The van der Waals surface area contributed by atoms with E-state index >= 15 is 0 Å². The Morgan fingerprint density at radius 3 is 2.95 bits per heavy atom. The number of hydrogen-bond acceptors (Lipinski definition) is 3. The van der Waals surface area contributed by atoms with Crippen molar-refractivity contribution in [1.82, 2.24) is 4.98 Å². The normalized spacial score (nSPS) is 15.7.